The van der Waals surface area contributed by atoms with Crippen molar-refractivity contribution in [1.29, 1.82) is 0 Å². The highest BCUT2D eigenvalue weighted by Gasteiger charge is 2.28. The summed E-state index contributed by atoms with van der Waals surface area (Å²) in [5.74, 6) is -1.16. The second-order valence-electron chi connectivity index (χ2n) is 7.43. The molecule has 1 N–H and O–H groups in total. The van der Waals surface area contributed by atoms with Crippen LogP contribution in [0.1, 0.15) is 28.4 Å². The minimum atomic E-state index is -4.03. The number of nitrogens with zero attached hydrogens (tertiary/aromatic N) is 1. The van der Waals surface area contributed by atoms with E-state index in [0.717, 1.165) is 9.87 Å². The highest BCUT2D eigenvalue weighted by molar-refractivity contribution is 7.92. The molecule has 0 radical (unpaired) electrons. The Morgan fingerprint density at radius 1 is 0.939 bits per heavy atom. The molecule has 7 nitrogen and oxygen atoms in total. The average Bonchev–Trinajstić information content (AvgIpc) is 2.80. The zero-order valence-electron chi connectivity index (χ0n) is 18.7. The lowest BCUT2D eigenvalue weighted by molar-refractivity contribution is -0.114. The molecule has 3 aromatic rings. The van der Waals surface area contributed by atoms with Crippen LogP contribution in [0.3, 0.4) is 0 Å². The quantitative estimate of drug-likeness (QED) is 0.499. The molecule has 33 heavy (non-hydrogen) atoms. The van der Waals surface area contributed by atoms with E-state index in [1.54, 1.807) is 56.3 Å². The maximum absolute atomic E-state index is 13.5. The van der Waals surface area contributed by atoms with E-state index in [9.17, 15) is 18.0 Å². The number of ether oxygens (including phenoxy) is 1. The van der Waals surface area contributed by atoms with E-state index in [1.807, 2.05) is 19.1 Å². The Labute approximate surface area is 194 Å². The minimum absolute atomic E-state index is 0.0747. The lowest BCUT2D eigenvalue weighted by atomic mass is 10.1. The van der Waals surface area contributed by atoms with Crippen LogP contribution in [0.2, 0.25) is 0 Å². The number of benzene rings is 3. The Hall–Kier alpha value is -3.65. The Kier molecular flexibility index (Phi) is 7.50. The van der Waals surface area contributed by atoms with E-state index in [4.69, 9.17) is 4.74 Å². The van der Waals surface area contributed by atoms with Crippen molar-refractivity contribution in [2.24, 2.45) is 0 Å². The first-order valence-corrected chi connectivity index (χ1v) is 11.9. The third kappa shape index (κ3) is 5.59. The normalized spacial score (nSPS) is 11.0. The number of aryl methyl sites for hydroxylation is 2. The van der Waals surface area contributed by atoms with Crippen LogP contribution in [0.4, 0.5) is 11.4 Å². The van der Waals surface area contributed by atoms with Gasteiger partial charge in [0.2, 0.25) is 5.91 Å². The molecule has 0 aliphatic carbocycles. The van der Waals surface area contributed by atoms with Gasteiger partial charge >= 0.3 is 5.97 Å². The first kappa shape index (κ1) is 24.0. The number of sulfonamides is 1. The minimum Gasteiger partial charge on any atom is -0.462 e. The summed E-state index contributed by atoms with van der Waals surface area (Å²) in [6.07, 6.45) is 0. The van der Waals surface area contributed by atoms with E-state index < -0.39 is 28.4 Å². The molecule has 0 heterocycles. The van der Waals surface area contributed by atoms with Crippen LogP contribution in [-0.4, -0.2) is 33.4 Å². The number of carbonyl (C=O) groups is 2. The number of anilines is 2. The van der Waals surface area contributed by atoms with Gasteiger partial charge in [-0.3, -0.25) is 9.10 Å². The standard InChI is InChI=1S/C25H26N2O5S/c1-4-32-25(29)21-12-8-9-13-22(21)26-24(28)17-27(23-16-18(2)14-15-19(23)3)33(30,31)20-10-6-5-7-11-20/h5-16H,4,17H2,1-3H3,(H,26,28). The van der Waals surface area contributed by atoms with Crippen molar-refractivity contribution < 1.29 is 22.7 Å². The summed E-state index contributed by atoms with van der Waals surface area (Å²) >= 11 is 0. The number of rotatable bonds is 8. The largest absolute Gasteiger partial charge is 0.462 e. The summed E-state index contributed by atoms with van der Waals surface area (Å²) in [4.78, 5) is 25.3. The Morgan fingerprint density at radius 2 is 1.61 bits per heavy atom. The van der Waals surface area contributed by atoms with Crippen LogP contribution in [0.25, 0.3) is 0 Å². The third-order valence-electron chi connectivity index (χ3n) is 4.95. The maximum atomic E-state index is 13.5. The van der Waals surface area contributed by atoms with Crippen molar-refractivity contribution >= 4 is 33.3 Å². The topological polar surface area (TPSA) is 92.8 Å². The fourth-order valence-electron chi connectivity index (χ4n) is 3.31. The van der Waals surface area contributed by atoms with E-state index in [1.165, 1.54) is 18.2 Å². The Bertz CT molecular complexity index is 1260. The molecule has 0 aliphatic rings. The zero-order valence-corrected chi connectivity index (χ0v) is 19.6. The molecule has 0 aliphatic heterocycles. The van der Waals surface area contributed by atoms with Gasteiger partial charge in [-0.15, -0.1) is 0 Å². The summed E-state index contributed by atoms with van der Waals surface area (Å²) in [7, 11) is -4.03. The fraction of sp³-hybridized carbons (Fsp3) is 0.200. The van der Waals surface area contributed by atoms with Crippen LogP contribution < -0.4 is 9.62 Å². The highest BCUT2D eigenvalue weighted by Crippen LogP contribution is 2.28. The number of nitrogens with one attached hydrogen (secondary N) is 1. The van der Waals surface area contributed by atoms with Crippen molar-refractivity contribution in [3.8, 4) is 0 Å². The van der Waals surface area contributed by atoms with Gasteiger partial charge in [-0.1, -0.05) is 42.5 Å². The lowest BCUT2D eigenvalue weighted by Gasteiger charge is -2.26. The first-order chi connectivity index (χ1) is 15.7. The van der Waals surface area contributed by atoms with Gasteiger partial charge in [-0.2, -0.15) is 0 Å². The Morgan fingerprint density at radius 3 is 2.30 bits per heavy atom. The predicted molar refractivity (Wildman–Crippen MR) is 128 cm³/mol. The highest BCUT2D eigenvalue weighted by atomic mass is 32.2. The molecule has 0 aromatic heterocycles. The Balaban J connectivity index is 1.98. The van der Waals surface area contributed by atoms with Gasteiger partial charge in [0.25, 0.3) is 10.0 Å². The SMILES string of the molecule is CCOC(=O)c1ccccc1NC(=O)CN(c1cc(C)ccc1C)S(=O)(=O)c1ccccc1. The summed E-state index contributed by atoms with van der Waals surface area (Å²) in [6.45, 7) is 5.05. The van der Waals surface area contributed by atoms with Gasteiger partial charge in [-0.05, 0) is 62.2 Å². The number of para-hydroxylation sites is 1. The summed E-state index contributed by atoms with van der Waals surface area (Å²) < 4.78 is 33.2. The summed E-state index contributed by atoms with van der Waals surface area (Å²) in [5.41, 5.74) is 2.42. The number of hydrogen-bond donors (Lipinski definition) is 1. The molecule has 0 saturated heterocycles. The van der Waals surface area contributed by atoms with Gasteiger partial charge in [0, 0.05) is 0 Å². The van der Waals surface area contributed by atoms with E-state index >= 15 is 0 Å². The van der Waals surface area contributed by atoms with Gasteiger partial charge in [0.05, 0.1) is 28.4 Å². The second kappa shape index (κ2) is 10.3. The molecule has 0 spiro atoms. The van der Waals surface area contributed by atoms with Crippen LogP contribution >= 0.6 is 0 Å². The molecule has 0 saturated carbocycles. The molecule has 172 valence electrons. The van der Waals surface area contributed by atoms with Crippen molar-refractivity contribution in [2.45, 2.75) is 25.7 Å². The van der Waals surface area contributed by atoms with Crippen LogP contribution in [-0.2, 0) is 19.6 Å². The zero-order chi connectivity index (χ0) is 24.0. The van der Waals surface area contributed by atoms with Gasteiger partial charge in [0.1, 0.15) is 6.54 Å². The van der Waals surface area contributed by atoms with E-state index in [-0.39, 0.29) is 22.8 Å². The summed E-state index contributed by atoms with van der Waals surface area (Å²) in [6, 6.07) is 19.8. The van der Waals surface area contributed by atoms with Gasteiger partial charge in [0.15, 0.2) is 0 Å². The number of hydrogen-bond acceptors (Lipinski definition) is 5. The molecule has 1 amide bonds. The third-order valence-corrected chi connectivity index (χ3v) is 6.72. The van der Waals surface area contributed by atoms with Crippen LogP contribution in [0.5, 0.6) is 0 Å². The summed E-state index contributed by atoms with van der Waals surface area (Å²) in [5, 5.41) is 2.66. The smallest absolute Gasteiger partial charge is 0.340 e. The van der Waals surface area contributed by atoms with Crippen molar-refractivity contribution in [1.82, 2.24) is 0 Å². The van der Waals surface area contributed by atoms with Gasteiger partial charge in [-0.25, -0.2) is 13.2 Å². The monoisotopic (exact) mass is 466 g/mol. The first-order valence-electron chi connectivity index (χ1n) is 10.4. The molecule has 3 aromatic carbocycles. The maximum Gasteiger partial charge on any atom is 0.340 e. The van der Waals surface area contributed by atoms with Crippen LogP contribution in [0, 0.1) is 13.8 Å². The van der Waals surface area contributed by atoms with E-state index in [0.29, 0.717) is 11.3 Å². The number of carbonyl (C=O) groups excluding carboxylic acids is 2. The molecule has 0 unspecified atom stereocenters. The molecule has 0 atom stereocenters. The predicted octanol–water partition coefficient (Wildman–Crippen LogP) is 4.31. The molecular formula is C25H26N2O5S. The molecular weight excluding hydrogens is 440 g/mol. The van der Waals surface area contributed by atoms with Crippen molar-refractivity contribution in [2.75, 3.05) is 22.8 Å². The van der Waals surface area contributed by atoms with Gasteiger partial charge < -0.3 is 10.1 Å². The number of esters is 1. The molecule has 0 fully saturated rings. The number of amides is 1. The molecule has 3 rings (SSSR count). The van der Waals surface area contributed by atoms with E-state index in [2.05, 4.69) is 5.32 Å². The van der Waals surface area contributed by atoms with Crippen LogP contribution in [0.15, 0.2) is 77.7 Å². The molecule has 0 bridgehead atoms. The second-order valence-corrected chi connectivity index (χ2v) is 9.29. The van der Waals surface area contributed by atoms with Crippen molar-refractivity contribution in [3.05, 3.63) is 89.5 Å². The lowest BCUT2D eigenvalue weighted by Crippen LogP contribution is -2.38. The average molecular weight is 467 g/mol. The fourth-order valence-corrected chi connectivity index (χ4v) is 4.80. The molecule has 8 heteroatoms. The van der Waals surface area contributed by atoms with Crippen molar-refractivity contribution in [3.63, 3.8) is 0 Å².